The van der Waals surface area contributed by atoms with Crippen molar-refractivity contribution in [2.45, 2.75) is 13.8 Å². The smallest absolute Gasteiger partial charge is 0.275 e. The first-order valence-electron chi connectivity index (χ1n) is 8.33. The largest absolute Gasteiger partial charge is 0.372 e. The minimum Gasteiger partial charge on any atom is -0.372 e. The molecule has 2 aromatic carbocycles. The molecule has 0 saturated heterocycles. The van der Waals surface area contributed by atoms with E-state index in [1.54, 1.807) is 0 Å². The molecule has 1 amide bonds. The van der Waals surface area contributed by atoms with E-state index in [1.165, 1.54) is 5.69 Å². The molecule has 1 aliphatic rings. The highest BCUT2D eigenvalue weighted by Gasteiger charge is 2.20. The van der Waals surface area contributed by atoms with Crippen molar-refractivity contribution in [2.24, 2.45) is 4.99 Å². The van der Waals surface area contributed by atoms with E-state index in [0.29, 0.717) is 11.5 Å². The molecule has 0 radical (unpaired) electrons. The summed E-state index contributed by atoms with van der Waals surface area (Å²) in [4.78, 5) is 18.9. The molecule has 128 valence electrons. The second-order valence-corrected chi connectivity index (χ2v) is 6.63. The van der Waals surface area contributed by atoms with Crippen LogP contribution in [0.25, 0.3) is 6.08 Å². The Kier molecular flexibility index (Phi) is 5.34. The van der Waals surface area contributed by atoms with Crippen LogP contribution in [0, 0.1) is 0 Å². The Balaban J connectivity index is 1.83. The molecule has 0 atom stereocenters. The van der Waals surface area contributed by atoms with E-state index >= 15 is 0 Å². The predicted molar refractivity (Wildman–Crippen MR) is 107 cm³/mol. The maximum Gasteiger partial charge on any atom is 0.275 e. The van der Waals surface area contributed by atoms with Gasteiger partial charge in [0.2, 0.25) is 0 Å². The second kappa shape index (κ2) is 7.66. The number of hydrogen-bond donors (Lipinski definition) is 1. The summed E-state index contributed by atoms with van der Waals surface area (Å²) in [7, 11) is 0. The number of carbonyl (C=O) groups excluding carboxylic acids is 1. The van der Waals surface area contributed by atoms with Crippen LogP contribution in [-0.2, 0) is 4.79 Å². The summed E-state index contributed by atoms with van der Waals surface area (Å²) in [5.74, 6) is 0.411. The number of anilines is 1. The maximum absolute atomic E-state index is 12.2. The van der Waals surface area contributed by atoms with Crippen LogP contribution < -0.4 is 10.2 Å². The highest BCUT2D eigenvalue weighted by Crippen LogP contribution is 2.19. The first kappa shape index (κ1) is 17.4. The van der Waals surface area contributed by atoms with Crippen molar-refractivity contribution in [1.82, 2.24) is 5.32 Å². The van der Waals surface area contributed by atoms with Crippen LogP contribution in [0.5, 0.6) is 0 Å². The molecule has 5 heteroatoms. The Morgan fingerprint density at radius 1 is 1.04 bits per heavy atom. The van der Waals surface area contributed by atoms with Gasteiger partial charge in [0.25, 0.3) is 5.91 Å². The van der Waals surface area contributed by atoms with Gasteiger partial charge in [0.1, 0.15) is 11.5 Å². The lowest BCUT2D eigenvalue weighted by Crippen LogP contribution is -2.24. The van der Waals surface area contributed by atoms with Gasteiger partial charge in [-0.2, -0.15) is 0 Å². The van der Waals surface area contributed by atoms with E-state index in [1.807, 2.05) is 42.5 Å². The lowest BCUT2D eigenvalue weighted by Gasteiger charge is -2.20. The quantitative estimate of drug-likeness (QED) is 0.767. The lowest BCUT2D eigenvalue weighted by molar-refractivity contribution is -0.115. The summed E-state index contributed by atoms with van der Waals surface area (Å²) in [5.41, 5.74) is 3.45. The third-order valence-electron chi connectivity index (χ3n) is 4.14. The molecule has 4 nitrogen and oxygen atoms in total. The molecule has 0 saturated carbocycles. The molecule has 0 aliphatic carbocycles. The number of amides is 1. The molecular weight excluding hydrogens is 378 g/mol. The molecule has 1 heterocycles. The van der Waals surface area contributed by atoms with Crippen LogP contribution in [-0.4, -0.2) is 24.8 Å². The monoisotopic (exact) mass is 397 g/mol. The number of carbonyl (C=O) groups is 1. The summed E-state index contributed by atoms with van der Waals surface area (Å²) < 4.78 is 0.991. The van der Waals surface area contributed by atoms with Crippen molar-refractivity contribution in [1.29, 1.82) is 0 Å². The minimum absolute atomic E-state index is 0.175. The number of halogens is 1. The van der Waals surface area contributed by atoms with Gasteiger partial charge < -0.3 is 10.2 Å². The van der Waals surface area contributed by atoms with Crippen molar-refractivity contribution in [2.75, 3.05) is 18.0 Å². The number of amidine groups is 1. The Morgan fingerprint density at radius 2 is 1.68 bits per heavy atom. The van der Waals surface area contributed by atoms with E-state index in [4.69, 9.17) is 0 Å². The van der Waals surface area contributed by atoms with E-state index in [2.05, 4.69) is 57.1 Å². The number of benzene rings is 2. The fraction of sp³-hybridized carbons (Fsp3) is 0.200. The number of rotatable bonds is 5. The number of hydrogen-bond acceptors (Lipinski definition) is 3. The van der Waals surface area contributed by atoms with Gasteiger partial charge in [0.15, 0.2) is 0 Å². The van der Waals surface area contributed by atoms with Gasteiger partial charge in [0.05, 0.1) is 0 Å². The van der Waals surface area contributed by atoms with Gasteiger partial charge >= 0.3 is 0 Å². The molecule has 25 heavy (non-hydrogen) atoms. The van der Waals surface area contributed by atoms with Gasteiger partial charge in [-0.3, -0.25) is 4.79 Å². The van der Waals surface area contributed by atoms with E-state index in [-0.39, 0.29) is 5.91 Å². The fourth-order valence-corrected chi connectivity index (χ4v) is 3.01. The Bertz CT molecular complexity index is 819. The van der Waals surface area contributed by atoms with E-state index in [0.717, 1.165) is 28.7 Å². The predicted octanol–water partition coefficient (Wildman–Crippen LogP) is 4.21. The Morgan fingerprint density at radius 3 is 2.28 bits per heavy atom. The first-order chi connectivity index (χ1) is 12.1. The summed E-state index contributed by atoms with van der Waals surface area (Å²) in [6.07, 6.45) is 1.81. The van der Waals surface area contributed by atoms with Crippen molar-refractivity contribution < 1.29 is 4.79 Å². The zero-order chi connectivity index (χ0) is 17.8. The average molecular weight is 398 g/mol. The van der Waals surface area contributed by atoms with Crippen molar-refractivity contribution in [3.05, 3.63) is 69.8 Å². The summed E-state index contributed by atoms with van der Waals surface area (Å²) in [5, 5.41) is 2.83. The summed E-state index contributed by atoms with van der Waals surface area (Å²) >= 11 is 3.41. The second-order valence-electron chi connectivity index (χ2n) is 5.71. The third kappa shape index (κ3) is 3.99. The van der Waals surface area contributed by atoms with Crippen LogP contribution in [0.3, 0.4) is 0 Å². The Labute approximate surface area is 156 Å². The van der Waals surface area contributed by atoms with Crippen molar-refractivity contribution >= 4 is 39.4 Å². The Hall–Kier alpha value is -2.40. The van der Waals surface area contributed by atoms with Crippen LogP contribution in [0.4, 0.5) is 5.69 Å². The van der Waals surface area contributed by atoms with Crippen LogP contribution in [0.1, 0.15) is 25.0 Å². The van der Waals surface area contributed by atoms with Crippen LogP contribution in [0.2, 0.25) is 0 Å². The van der Waals surface area contributed by atoms with E-state index < -0.39 is 0 Å². The van der Waals surface area contributed by atoms with Gasteiger partial charge in [-0.25, -0.2) is 4.99 Å². The summed E-state index contributed by atoms with van der Waals surface area (Å²) in [6, 6.07) is 15.9. The van der Waals surface area contributed by atoms with Gasteiger partial charge in [-0.1, -0.05) is 40.2 Å². The molecule has 2 aromatic rings. The maximum atomic E-state index is 12.2. The van der Waals surface area contributed by atoms with E-state index in [9.17, 15) is 4.79 Å². The zero-order valence-corrected chi connectivity index (χ0v) is 15.9. The standard InChI is InChI=1S/C20H20BrN3O/c1-3-24(4-2)17-11-5-14(6-12-17)13-18-20(25)23-19(22-18)15-7-9-16(21)10-8-15/h5-13H,3-4H2,1-2H3,(H,22,23,25). The number of nitrogens with zero attached hydrogens (tertiary/aromatic N) is 2. The lowest BCUT2D eigenvalue weighted by atomic mass is 10.1. The highest BCUT2D eigenvalue weighted by atomic mass is 79.9. The molecule has 1 N–H and O–H groups in total. The molecule has 0 bridgehead atoms. The number of aliphatic imine (C=N–C) groups is 1. The normalized spacial score (nSPS) is 15.2. The zero-order valence-electron chi connectivity index (χ0n) is 14.3. The number of nitrogens with one attached hydrogen (secondary N) is 1. The minimum atomic E-state index is -0.175. The molecule has 0 unspecified atom stereocenters. The molecule has 0 fully saturated rings. The van der Waals surface area contributed by atoms with Crippen molar-refractivity contribution in [3.63, 3.8) is 0 Å². The summed E-state index contributed by atoms with van der Waals surface area (Å²) in [6.45, 7) is 6.22. The van der Waals surface area contributed by atoms with Gasteiger partial charge in [0, 0.05) is 28.8 Å². The SMILES string of the molecule is CCN(CC)c1ccc(C=C2N=C(c3ccc(Br)cc3)NC2=O)cc1. The third-order valence-corrected chi connectivity index (χ3v) is 4.67. The average Bonchev–Trinajstić information content (AvgIpc) is 2.99. The van der Waals surface area contributed by atoms with Crippen LogP contribution >= 0.6 is 15.9 Å². The molecular formula is C20H20BrN3O. The fourth-order valence-electron chi connectivity index (χ4n) is 2.74. The van der Waals surface area contributed by atoms with Crippen molar-refractivity contribution in [3.8, 4) is 0 Å². The van der Waals surface area contributed by atoms with Gasteiger partial charge in [-0.15, -0.1) is 0 Å². The molecule has 0 aromatic heterocycles. The highest BCUT2D eigenvalue weighted by molar-refractivity contribution is 9.10. The molecule has 3 rings (SSSR count). The first-order valence-corrected chi connectivity index (χ1v) is 9.12. The van der Waals surface area contributed by atoms with Crippen LogP contribution in [0.15, 0.2) is 63.7 Å². The molecule has 1 aliphatic heterocycles. The topological polar surface area (TPSA) is 44.7 Å². The van der Waals surface area contributed by atoms with Gasteiger partial charge in [-0.05, 0) is 49.8 Å². The molecule has 0 spiro atoms.